The quantitative estimate of drug-likeness (QED) is 0.511. The standard InChI is InChI=1S/2C8H13Si.C2H7Si.Ti.2H/c2*1-9(2,3)8-6-4-5-7-8;1-3-2;;;/h2*6-7H,4H2,1-3H3;3H,1-2H3;;;/q;;;;2*-1. The summed E-state index contributed by atoms with van der Waals surface area (Å²) < 4.78 is 3.80. The summed E-state index contributed by atoms with van der Waals surface area (Å²) in [6, 6.07) is 0. The second-order valence-electron chi connectivity index (χ2n) is 9.13. The molecule has 0 N–H and O–H groups in total. The Bertz CT molecular complexity index is 528. The Labute approximate surface area is 150 Å². The third kappa shape index (κ3) is 4.24. The molecule has 0 nitrogen and oxygen atoms in total. The fourth-order valence-corrected chi connectivity index (χ4v) is 19.2. The summed E-state index contributed by atoms with van der Waals surface area (Å²) in [6.07, 6.45) is 13.1. The van der Waals surface area contributed by atoms with E-state index in [0.717, 1.165) is 0 Å². The van der Waals surface area contributed by atoms with Crippen LogP contribution in [-0.2, 0) is 17.1 Å². The SMILES string of the molecule is C[SiH](C)[Ti]([C]1=CC([Si](C)(C)C)=CC1)[C]1=CC([Si](C)(C)C)=CC1.[H-].[H-]. The smallest absolute Gasteiger partial charge is 1.00 e. The molecule has 0 amide bonds. The molecule has 0 aliphatic heterocycles. The largest absolute Gasteiger partial charge is 1.00 e. The molecule has 0 saturated heterocycles. The van der Waals surface area contributed by atoms with Crippen LogP contribution in [0.3, 0.4) is 0 Å². The molecule has 0 atom stereocenters. The zero-order chi connectivity index (χ0) is 16.7. The first-order chi connectivity index (χ1) is 10.00. The predicted molar refractivity (Wildman–Crippen MR) is 109 cm³/mol. The van der Waals surface area contributed by atoms with E-state index in [1.54, 1.807) is 10.4 Å². The van der Waals surface area contributed by atoms with Gasteiger partial charge in [-0.25, -0.2) is 0 Å². The van der Waals surface area contributed by atoms with Crippen molar-refractivity contribution in [3.63, 3.8) is 0 Å². The van der Waals surface area contributed by atoms with E-state index in [-0.39, 0.29) is 2.85 Å². The summed E-state index contributed by atoms with van der Waals surface area (Å²) in [5, 5.41) is 3.44. The Hall–Kier alpha value is 0.325. The van der Waals surface area contributed by atoms with Gasteiger partial charge in [-0.1, -0.05) is 0 Å². The van der Waals surface area contributed by atoms with Gasteiger partial charge in [0.25, 0.3) is 0 Å². The first kappa shape index (κ1) is 18.7. The van der Waals surface area contributed by atoms with Crippen molar-refractivity contribution < 1.29 is 20.0 Å². The van der Waals surface area contributed by atoms with Crippen molar-refractivity contribution in [3.8, 4) is 0 Å². The van der Waals surface area contributed by atoms with Crippen molar-refractivity contribution in [2.24, 2.45) is 0 Å². The molecule has 0 aromatic rings. The molecule has 22 heavy (non-hydrogen) atoms. The van der Waals surface area contributed by atoms with E-state index in [1.165, 1.54) is 12.8 Å². The summed E-state index contributed by atoms with van der Waals surface area (Å²) in [5.41, 5.74) is 0. The van der Waals surface area contributed by atoms with Crippen LogP contribution in [0.25, 0.3) is 0 Å². The van der Waals surface area contributed by atoms with E-state index in [4.69, 9.17) is 0 Å². The molecule has 0 unspecified atom stereocenters. The summed E-state index contributed by atoms with van der Waals surface area (Å²) in [4.78, 5) is 0. The van der Waals surface area contributed by atoms with Crippen molar-refractivity contribution in [3.05, 3.63) is 42.5 Å². The third-order valence-electron chi connectivity index (χ3n) is 4.74. The summed E-state index contributed by atoms with van der Waals surface area (Å²) in [7, 11) is -2.26. The second kappa shape index (κ2) is 6.68. The average Bonchev–Trinajstić information content (AvgIpc) is 2.95. The molecule has 2 aliphatic carbocycles. The van der Waals surface area contributed by atoms with Gasteiger partial charge in [-0.2, -0.15) is 0 Å². The van der Waals surface area contributed by atoms with Crippen LogP contribution in [0.1, 0.15) is 15.7 Å². The fraction of sp³-hybridized carbons (Fsp3) is 0.556. The Morgan fingerprint density at radius 2 is 1.18 bits per heavy atom. The van der Waals surface area contributed by atoms with Crippen LogP contribution in [0, 0.1) is 0 Å². The summed E-state index contributed by atoms with van der Waals surface area (Å²) >= 11 is -1.15. The Morgan fingerprint density at radius 1 is 0.818 bits per heavy atom. The van der Waals surface area contributed by atoms with Crippen LogP contribution >= 0.6 is 0 Å². The molecule has 0 saturated carbocycles. The number of allylic oxidation sites excluding steroid dienone is 8. The monoisotopic (exact) mass is 383 g/mol. The summed E-state index contributed by atoms with van der Waals surface area (Å²) in [5.74, 6) is 0. The van der Waals surface area contributed by atoms with Gasteiger partial charge >= 0.3 is 148 Å². The van der Waals surface area contributed by atoms with Gasteiger partial charge in [0.05, 0.1) is 0 Å². The minimum absolute atomic E-state index is 0. The van der Waals surface area contributed by atoms with E-state index >= 15 is 0 Å². The van der Waals surface area contributed by atoms with Crippen LogP contribution in [0.2, 0.25) is 52.4 Å². The van der Waals surface area contributed by atoms with E-state index in [2.05, 4.69) is 76.7 Å². The van der Waals surface area contributed by atoms with Gasteiger partial charge < -0.3 is 2.85 Å². The van der Waals surface area contributed by atoms with E-state index in [1.807, 2.05) is 7.76 Å². The third-order valence-corrected chi connectivity index (χ3v) is 21.8. The van der Waals surface area contributed by atoms with Crippen LogP contribution in [0.15, 0.2) is 42.5 Å². The van der Waals surface area contributed by atoms with E-state index < -0.39 is 39.9 Å². The van der Waals surface area contributed by atoms with Crippen molar-refractivity contribution in [1.82, 2.24) is 0 Å². The minimum atomic E-state index is -1.15. The van der Waals surface area contributed by atoms with Gasteiger partial charge in [0.2, 0.25) is 0 Å². The van der Waals surface area contributed by atoms with Gasteiger partial charge in [-0.15, -0.1) is 0 Å². The number of rotatable bonds is 5. The summed E-state index contributed by atoms with van der Waals surface area (Å²) in [6.45, 7) is 19.6. The van der Waals surface area contributed by atoms with Gasteiger partial charge in [0.15, 0.2) is 0 Å². The molecular formula is C18H35Si3Ti-2. The Morgan fingerprint density at radius 3 is 1.41 bits per heavy atom. The average molecular weight is 384 g/mol. The van der Waals surface area contributed by atoms with Crippen LogP contribution in [0.5, 0.6) is 0 Å². The topological polar surface area (TPSA) is 0 Å². The zero-order valence-electron chi connectivity index (χ0n) is 17.8. The molecular weight excluding hydrogens is 348 g/mol. The fourth-order valence-electron chi connectivity index (χ4n) is 3.42. The molecule has 0 heterocycles. The van der Waals surface area contributed by atoms with Gasteiger partial charge in [0, 0.05) is 0 Å². The molecule has 2 aliphatic rings. The first-order valence-electron chi connectivity index (χ1n) is 8.70. The van der Waals surface area contributed by atoms with E-state index in [9.17, 15) is 0 Å². The van der Waals surface area contributed by atoms with Crippen molar-refractivity contribution >= 4 is 22.8 Å². The number of hydrogen-bond donors (Lipinski definition) is 0. The molecule has 125 valence electrons. The molecule has 0 fully saturated rings. The maximum Gasteiger partial charge on any atom is -1.00 e. The molecule has 0 aromatic carbocycles. The van der Waals surface area contributed by atoms with E-state index in [0.29, 0.717) is 0 Å². The maximum atomic E-state index is 2.67. The molecule has 0 radical (unpaired) electrons. The molecule has 2 rings (SSSR count). The van der Waals surface area contributed by atoms with Gasteiger partial charge in [0.1, 0.15) is 0 Å². The second-order valence-corrected chi connectivity index (χ2v) is 32.7. The van der Waals surface area contributed by atoms with Crippen molar-refractivity contribution in [1.29, 1.82) is 0 Å². The molecule has 0 spiro atoms. The maximum absolute atomic E-state index is 2.67. The normalized spacial score (nSPS) is 19.1. The van der Waals surface area contributed by atoms with Crippen LogP contribution in [-0.4, -0.2) is 22.8 Å². The minimum Gasteiger partial charge on any atom is -1.00 e. The Balaban J connectivity index is 0.00000264. The van der Waals surface area contributed by atoms with Gasteiger partial charge in [-0.05, 0) is 0 Å². The Kier molecular flexibility index (Phi) is 5.66. The number of hydrogen-bond acceptors (Lipinski definition) is 0. The van der Waals surface area contributed by atoms with Crippen molar-refractivity contribution in [2.45, 2.75) is 65.2 Å². The van der Waals surface area contributed by atoms with Crippen LogP contribution in [0.4, 0.5) is 0 Å². The van der Waals surface area contributed by atoms with Crippen molar-refractivity contribution in [2.75, 3.05) is 0 Å². The molecule has 0 bridgehead atoms. The van der Waals surface area contributed by atoms with Crippen LogP contribution < -0.4 is 0 Å². The zero-order valence-corrected chi connectivity index (χ0v) is 20.5. The first-order valence-corrected chi connectivity index (χ1v) is 22.9. The predicted octanol–water partition coefficient (Wildman–Crippen LogP) is 6.00. The van der Waals surface area contributed by atoms with Gasteiger partial charge in [-0.3, -0.25) is 0 Å². The molecule has 0 aromatic heterocycles. The molecule has 4 heteroatoms.